The van der Waals surface area contributed by atoms with Gasteiger partial charge in [-0.1, -0.05) is 35.9 Å². The normalized spacial score (nSPS) is 17.1. The largest absolute Gasteiger partial charge is 0.323 e. The Balaban J connectivity index is 1.74. The molecule has 1 aliphatic heterocycles. The monoisotopic (exact) mass is 304 g/mol. The molecule has 21 heavy (non-hydrogen) atoms. The van der Waals surface area contributed by atoms with E-state index in [2.05, 4.69) is 10.6 Å². The van der Waals surface area contributed by atoms with Crippen LogP contribution in [0.25, 0.3) is 0 Å². The number of anilines is 1. The molecule has 108 valence electrons. The Labute approximate surface area is 127 Å². The summed E-state index contributed by atoms with van der Waals surface area (Å²) in [5.41, 5.74) is 2.65. The fourth-order valence-corrected chi connectivity index (χ4v) is 2.62. The van der Waals surface area contributed by atoms with Gasteiger partial charge in [0.1, 0.15) is 5.82 Å². The number of carbonyl (C=O) groups is 1. The fraction of sp³-hybridized carbons (Fsp3) is 0.188. The van der Waals surface area contributed by atoms with Crippen LogP contribution in [0.4, 0.5) is 10.1 Å². The van der Waals surface area contributed by atoms with E-state index in [1.165, 1.54) is 23.8 Å². The first-order chi connectivity index (χ1) is 10.1. The lowest BCUT2D eigenvalue weighted by molar-refractivity contribution is -0.118. The van der Waals surface area contributed by atoms with E-state index in [9.17, 15) is 9.18 Å². The van der Waals surface area contributed by atoms with Crippen molar-refractivity contribution < 1.29 is 9.18 Å². The quantitative estimate of drug-likeness (QED) is 0.895. The van der Waals surface area contributed by atoms with Crippen LogP contribution >= 0.6 is 11.6 Å². The van der Waals surface area contributed by atoms with E-state index >= 15 is 0 Å². The highest BCUT2D eigenvalue weighted by atomic mass is 35.5. The van der Waals surface area contributed by atoms with Crippen molar-refractivity contribution in [2.45, 2.75) is 19.0 Å². The van der Waals surface area contributed by atoms with Crippen molar-refractivity contribution in [1.82, 2.24) is 5.32 Å². The first kappa shape index (κ1) is 14.0. The predicted molar refractivity (Wildman–Crippen MR) is 80.8 cm³/mol. The summed E-state index contributed by atoms with van der Waals surface area (Å²) >= 11 is 5.96. The molecule has 0 saturated carbocycles. The van der Waals surface area contributed by atoms with Crippen molar-refractivity contribution in [3.8, 4) is 0 Å². The molecule has 1 atom stereocenters. The second-order valence-corrected chi connectivity index (χ2v) is 5.43. The molecule has 0 radical (unpaired) electrons. The Bertz CT molecular complexity index is 690. The van der Waals surface area contributed by atoms with E-state index < -0.39 is 5.82 Å². The van der Waals surface area contributed by atoms with Gasteiger partial charge in [-0.05, 0) is 35.7 Å². The van der Waals surface area contributed by atoms with Gasteiger partial charge in [-0.25, -0.2) is 4.39 Å². The third-order valence-corrected chi connectivity index (χ3v) is 3.91. The lowest BCUT2D eigenvalue weighted by Gasteiger charge is -2.25. The second kappa shape index (κ2) is 5.84. The average molecular weight is 305 g/mol. The molecular weight excluding hydrogens is 291 g/mol. The van der Waals surface area contributed by atoms with Gasteiger partial charge in [-0.15, -0.1) is 0 Å². The molecule has 0 spiro atoms. The minimum absolute atomic E-state index is 0.211. The van der Waals surface area contributed by atoms with Gasteiger partial charge >= 0.3 is 0 Å². The standard InChI is InChI=1S/C16H14ClFN2O/c17-13-6-5-12(18)8-14(13)20-16(21)15-7-10-3-1-2-4-11(10)9-19-15/h1-6,8,15,19H,7,9H2,(H,20,21). The molecule has 2 N–H and O–H groups in total. The Morgan fingerprint density at radius 3 is 2.81 bits per heavy atom. The molecule has 5 heteroatoms. The maximum atomic E-state index is 13.2. The van der Waals surface area contributed by atoms with E-state index in [1.807, 2.05) is 24.3 Å². The predicted octanol–water partition coefficient (Wildman–Crippen LogP) is 3.13. The van der Waals surface area contributed by atoms with Crippen LogP contribution in [0.2, 0.25) is 5.02 Å². The summed E-state index contributed by atoms with van der Waals surface area (Å²) in [5, 5.41) is 6.18. The summed E-state index contributed by atoms with van der Waals surface area (Å²) in [6.45, 7) is 0.644. The molecule has 2 aromatic carbocycles. The summed E-state index contributed by atoms with van der Waals surface area (Å²) in [4.78, 5) is 12.3. The van der Waals surface area contributed by atoms with Crippen LogP contribution in [-0.4, -0.2) is 11.9 Å². The number of carbonyl (C=O) groups excluding carboxylic acids is 1. The topological polar surface area (TPSA) is 41.1 Å². The molecule has 1 heterocycles. The molecule has 2 aromatic rings. The van der Waals surface area contributed by atoms with Crippen molar-refractivity contribution in [3.63, 3.8) is 0 Å². The van der Waals surface area contributed by atoms with Crippen molar-refractivity contribution in [1.29, 1.82) is 0 Å². The number of nitrogens with one attached hydrogen (secondary N) is 2. The molecule has 1 amide bonds. The van der Waals surface area contributed by atoms with Gasteiger partial charge in [0.15, 0.2) is 0 Å². The Kier molecular flexibility index (Phi) is 3.90. The first-order valence-corrected chi connectivity index (χ1v) is 7.07. The zero-order chi connectivity index (χ0) is 14.8. The molecule has 0 aromatic heterocycles. The van der Waals surface area contributed by atoms with Crippen molar-refractivity contribution in [2.24, 2.45) is 0 Å². The number of fused-ring (bicyclic) bond motifs is 1. The molecule has 0 bridgehead atoms. The summed E-state index contributed by atoms with van der Waals surface area (Å²) < 4.78 is 13.2. The maximum absolute atomic E-state index is 13.2. The van der Waals surface area contributed by atoms with Gasteiger partial charge in [0.2, 0.25) is 5.91 Å². The van der Waals surface area contributed by atoms with Crippen LogP contribution in [0.3, 0.4) is 0 Å². The lowest BCUT2D eigenvalue weighted by Crippen LogP contribution is -2.44. The molecule has 1 unspecified atom stereocenters. The van der Waals surface area contributed by atoms with E-state index in [0.29, 0.717) is 23.7 Å². The molecule has 0 fully saturated rings. The number of benzene rings is 2. The first-order valence-electron chi connectivity index (χ1n) is 6.69. The second-order valence-electron chi connectivity index (χ2n) is 5.02. The van der Waals surface area contributed by atoms with Gasteiger partial charge < -0.3 is 10.6 Å². The third-order valence-electron chi connectivity index (χ3n) is 3.58. The summed E-state index contributed by atoms with van der Waals surface area (Å²) in [7, 11) is 0. The molecule has 1 aliphatic rings. The lowest BCUT2D eigenvalue weighted by atomic mass is 9.95. The van der Waals surface area contributed by atoms with Gasteiger partial charge in [0.25, 0.3) is 0 Å². The van der Waals surface area contributed by atoms with Gasteiger partial charge in [-0.3, -0.25) is 4.79 Å². The molecule has 0 saturated heterocycles. The molecular formula is C16H14ClFN2O. The Hall–Kier alpha value is -1.91. The average Bonchev–Trinajstić information content (AvgIpc) is 2.50. The highest BCUT2D eigenvalue weighted by Gasteiger charge is 2.24. The van der Waals surface area contributed by atoms with Crippen LogP contribution in [0.5, 0.6) is 0 Å². The minimum atomic E-state index is -0.434. The summed E-state index contributed by atoms with van der Waals surface area (Å²) in [6, 6.07) is 11.6. The van der Waals surface area contributed by atoms with Crippen molar-refractivity contribution in [2.75, 3.05) is 5.32 Å². The van der Waals surface area contributed by atoms with Gasteiger partial charge in [-0.2, -0.15) is 0 Å². The summed E-state index contributed by atoms with van der Waals surface area (Å²) in [6.07, 6.45) is 0.606. The van der Waals surface area contributed by atoms with Crippen LogP contribution in [0.1, 0.15) is 11.1 Å². The minimum Gasteiger partial charge on any atom is -0.323 e. The molecule has 3 nitrogen and oxygen atoms in total. The van der Waals surface area contributed by atoms with E-state index in [0.717, 1.165) is 5.56 Å². The SMILES string of the molecule is O=C(Nc1cc(F)ccc1Cl)C1Cc2ccccc2CN1. The Morgan fingerprint density at radius 1 is 1.24 bits per heavy atom. The number of amides is 1. The van der Waals surface area contributed by atoms with Crippen LogP contribution in [0, 0.1) is 5.82 Å². The third kappa shape index (κ3) is 3.06. The molecule has 0 aliphatic carbocycles. The zero-order valence-electron chi connectivity index (χ0n) is 11.2. The fourth-order valence-electron chi connectivity index (χ4n) is 2.45. The van der Waals surface area contributed by atoms with Gasteiger partial charge in [0.05, 0.1) is 16.8 Å². The van der Waals surface area contributed by atoms with Crippen LogP contribution < -0.4 is 10.6 Å². The van der Waals surface area contributed by atoms with Gasteiger partial charge in [0, 0.05) is 6.54 Å². The van der Waals surface area contributed by atoms with Crippen molar-refractivity contribution >= 4 is 23.2 Å². The number of hydrogen-bond acceptors (Lipinski definition) is 2. The highest BCUT2D eigenvalue weighted by molar-refractivity contribution is 6.33. The van der Waals surface area contributed by atoms with E-state index in [4.69, 9.17) is 11.6 Å². The van der Waals surface area contributed by atoms with E-state index in [-0.39, 0.29) is 11.9 Å². The zero-order valence-corrected chi connectivity index (χ0v) is 12.0. The number of halogens is 2. The highest BCUT2D eigenvalue weighted by Crippen LogP contribution is 2.23. The smallest absolute Gasteiger partial charge is 0.241 e. The van der Waals surface area contributed by atoms with Crippen molar-refractivity contribution in [3.05, 3.63) is 64.4 Å². The maximum Gasteiger partial charge on any atom is 0.241 e. The van der Waals surface area contributed by atoms with Crippen LogP contribution in [-0.2, 0) is 17.8 Å². The molecule has 3 rings (SSSR count). The van der Waals surface area contributed by atoms with E-state index in [1.54, 1.807) is 0 Å². The van der Waals surface area contributed by atoms with Crippen LogP contribution in [0.15, 0.2) is 42.5 Å². The number of rotatable bonds is 2. The number of hydrogen-bond donors (Lipinski definition) is 2. The summed E-state index contributed by atoms with van der Waals surface area (Å²) in [5.74, 6) is -0.645. The Morgan fingerprint density at radius 2 is 2.00 bits per heavy atom.